The van der Waals surface area contributed by atoms with Gasteiger partial charge in [-0.1, -0.05) is 13.3 Å². The van der Waals surface area contributed by atoms with Gasteiger partial charge in [-0.3, -0.25) is 4.79 Å². The summed E-state index contributed by atoms with van der Waals surface area (Å²) in [6, 6.07) is 1.87. The van der Waals surface area contributed by atoms with Crippen molar-refractivity contribution in [1.29, 1.82) is 0 Å². The van der Waals surface area contributed by atoms with E-state index >= 15 is 0 Å². The van der Waals surface area contributed by atoms with Crippen molar-refractivity contribution in [3.8, 4) is 0 Å². The molecular weight excluding hydrogens is 238 g/mol. The molecule has 2 nitrogen and oxygen atoms in total. The van der Waals surface area contributed by atoms with E-state index in [2.05, 4.69) is 19.6 Å². The summed E-state index contributed by atoms with van der Waals surface area (Å²) in [7, 11) is 0. The summed E-state index contributed by atoms with van der Waals surface area (Å²) in [5.74, 6) is 0.872. The van der Waals surface area contributed by atoms with E-state index in [1.807, 2.05) is 16.3 Å². The lowest BCUT2D eigenvalue weighted by atomic mass is 9.95. The summed E-state index contributed by atoms with van der Waals surface area (Å²) in [5, 5.41) is 1.91. The fourth-order valence-corrected chi connectivity index (χ4v) is 3.29. The molecule has 2 heterocycles. The van der Waals surface area contributed by atoms with Crippen molar-refractivity contribution in [3.05, 3.63) is 16.3 Å². The number of carbonyl (C=O) groups is 1. The summed E-state index contributed by atoms with van der Waals surface area (Å²) >= 11 is 5.73. The molecule has 4 heteroatoms. The largest absolute Gasteiger partial charge is 0.338 e. The van der Waals surface area contributed by atoms with Gasteiger partial charge in [-0.05, 0) is 24.8 Å². The molecule has 16 heavy (non-hydrogen) atoms. The first-order valence-corrected chi connectivity index (χ1v) is 7.10. The van der Waals surface area contributed by atoms with E-state index in [0.29, 0.717) is 5.92 Å². The minimum Gasteiger partial charge on any atom is -0.338 e. The minimum atomic E-state index is 0.184. The summed E-state index contributed by atoms with van der Waals surface area (Å²) in [6.07, 6.45) is 3.58. The molecule has 0 bridgehead atoms. The zero-order chi connectivity index (χ0) is 11.5. The van der Waals surface area contributed by atoms with Crippen LogP contribution in [0.2, 0.25) is 0 Å². The van der Waals surface area contributed by atoms with Gasteiger partial charge in [-0.2, -0.15) is 0 Å². The van der Waals surface area contributed by atoms with Crippen molar-refractivity contribution in [1.82, 2.24) is 4.90 Å². The highest BCUT2D eigenvalue weighted by Gasteiger charge is 2.24. The number of piperidine rings is 1. The molecule has 1 aliphatic rings. The second kappa shape index (κ2) is 5.23. The van der Waals surface area contributed by atoms with E-state index < -0.39 is 0 Å². The lowest BCUT2D eigenvalue weighted by Crippen LogP contribution is -2.39. The number of thiophene rings is 1. The Morgan fingerprint density at radius 3 is 3.12 bits per heavy atom. The third kappa shape index (κ3) is 2.61. The Balaban J connectivity index is 2.04. The third-order valence-corrected chi connectivity index (χ3v) is 4.53. The van der Waals surface area contributed by atoms with Crippen LogP contribution in [0.25, 0.3) is 0 Å². The van der Waals surface area contributed by atoms with Crippen LogP contribution in [-0.4, -0.2) is 23.9 Å². The van der Waals surface area contributed by atoms with Gasteiger partial charge in [0.05, 0.1) is 4.88 Å². The molecule has 1 aromatic heterocycles. The molecule has 0 spiro atoms. The van der Waals surface area contributed by atoms with Crippen LogP contribution in [0.4, 0.5) is 0 Å². The van der Waals surface area contributed by atoms with Crippen LogP contribution in [0.5, 0.6) is 0 Å². The Kier molecular flexibility index (Phi) is 3.92. The number of thiol groups is 1. The quantitative estimate of drug-likeness (QED) is 0.804. The highest BCUT2D eigenvalue weighted by molar-refractivity contribution is 7.80. The number of carbonyl (C=O) groups excluding carboxylic acids is 1. The number of likely N-dealkylation sites (tertiary alicyclic amines) is 1. The standard InChI is InChI=1S/C12H17NOS2/c1-2-9-4-3-5-13(7-9)12(14)11-6-10(15)8-16-11/h6,8-9,15H,2-5,7H2,1H3. The summed E-state index contributed by atoms with van der Waals surface area (Å²) in [5.41, 5.74) is 0. The average molecular weight is 255 g/mol. The monoisotopic (exact) mass is 255 g/mol. The van der Waals surface area contributed by atoms with Crippen molar-refractivity contribution >= 4 is 29.9 Å². The normalized spacial score (nSPS) is 21.1. The molecule has 0 aliphatic carbocycles. The zero-order valence-corrected chi connectivity index (χ0v) is 11.2. The third-order valence-electron chi connectivity index (χ3n) is 3.18. The predicted octanol–water partition coefficient (Wildman–Crippen LogP) is 3.30. The van der Waals surface area contributed by atoms with Crippen LogP contribution >= 0.6 is 24.0 Å². The molecule has 0 aromatic carbocycles. The second-order valence-electron chi connectivity index (χ2n) is 4.34. The maximum atomic E-state index is 12.2. The van der Waals surface area contributed by atoms with Gasteiger partial charge in [0, 0.05) is 23.4 Å². The summed E-state index contributed by atoms with van der Waals surface area (Å²) in [4.78, 5) is 15.9. The maximum absolute atomic E-state index is 12.2. The van der Waals surface area contributed by atoms with Gasteiger partial charge in [0.15, 0.2) is 0 Å². The van der Waals surface area contributed by atoms with Gasteiger partial charge in [0.2, 0.25) is 0 Å². The van der Waals surface area contributed by atoms with Gasteiger partial charge in [-0.15, -0.1) is 24.0 Å². The smallest absolute Gasteiger partial charge is 0.263 e. The Morgan fingerprint density at radius 2 is 2.50 bits per heavy atom. The lowest BCUT2D eigenvalue weighted by Gasteiger charge is -2.32. The molecule has 88 valence electrons. The molecule has 0 saturated carbocycles. The van der Waals surface area contributed by atoms with E-state index in [9.17, 15) is 4.79 Å². The molecule has 1 atom stereocenters. The van der Waals surface area contributed by atoms with Gasteiger partial charge >= 0.3 is 0 Å². The molecule has 1 aliphatic heterocycles. The molecule has 1 fully saturated rings. The topological polar surface area (TPSA) is 20.3 Å². The van der Waals surface area contributed by atoms with Crippen LogP contribution < -0.4 is 0 Å². The minimum absolute atomic E-state index is 0.184. The highest BCUT2D eigenvalue weighted by atomic mass is 32.1. The van der Waals surface area contributed by atoms with Crippen LogP contribution in [0.3, 0.4) is 0 Å². The first-order chi connectivity index (χ1) is 7.70. The fourth-order valence-electron chi connectivity index (χ4n) is 2.18. The van der Waals surface area contributed by atoms with E-state index in [0.717, 1.165) is 29.3 Å². The van der Waals surface area contributed by atoms with Crippen molar-refractivity contribution in [3.63, 3.8) is 0 Å². The van der Waals surface area contributed by atoms with Crippen LogP contribution in [-0.2, 0) is 0 Å². The molecule has 1 amide bonds. The van der Waals surface area contributed by atoms with Gasteiger partial charge in [-0.25, -0.2) is 0 Å². The van der Waals surface area contributed by atoms with E-state index in [-0.39, 0.29) is 5.91 Å². The summed E-state index contributed by atoms with van der Waals surface area (Å²) < 4.78 is 0. The molecule has 0 radical (unpaired) electrons. The number of hydrogen-bond acceptors (Lipinski definition) is 3. The second-order valence-corrected chi connectivity index (χ2v) is 5.76. The average Bonchev–Trinajstić information content (AvgIpc) is 2.75. The Labute approximate surface area is 106 Å². The highest BCUT2D eigenvalue weighted by Crippen LogP contribution is 2.24. The van der Waals surface area contributed by atoms with E-state index in [4.69, 9.17) is 0 Å². The van der Waals surface area contributed by atoms with E-state index in [1.165, 1.54) is 24.2 Å². The maximum Gasteiger partial charge on any atom is 0.263 e. The number of rotatable bonds is 2. The van der Waals surface area contributed by atoms with Crippen LogP contribution in [0.15, 0.2) is 16.3 Å². The molecule has 1 saturated heterocycles. The Hall–Kier alpha value is -0.480. The molecular formula is C12H17NOS2. The lowest BCUT2D eigenvalue weighted by molar-refractivity contribution is 0.0676. The summed E-state index contributed by atoms with van der Waals surface area (Å²) in [6.45, 7) is 4.04. The van der Waals surface area contributed by atoms with Crippen LogP contribution in [0.1, 0.15) is 35.9 Å². The first kappa shape index (κ1) is 12.0. The predicted molar refractivity (Wildman–Crippen MR) is 70.5 cm³/mol. The van der Waals surface area contributed by atoms with Crippen molar-refractivity contribution in [2.45, 2.75) is 31.1 Å². The van der Waals surface area contributed by atoms with Gasteiger partial charge in [0.1, 0.15) is 0 Å². The van der Waals surface area contributed by atoms with Gasteiger partial charge in [0.25, 0.3) is 5.91 Å². The Morgan fingerprint density at radius 1 is 1.69 bits per heavy atom. The molecule has 1 unspecified atom stereocenters. The first-order valence-electron chi connectivity index (χ1n) is 5.77. The van der Waals surface area contributed by atoms with Crippen molar-refractivity contribution < 1.29 is 4.79 Å². The molecule has 0 N–H and O–H groups in total. The number of hydrogen-bond donors (Lipinski definition) is 1. The molecule has 1 aromatic rings. The number of nitrogens with zero attached hydrogens (tertiary/aromatic N) is 1. The fraction of sp³-hybridized carbons (Fsp3) is 0.583. The van der Waals surface area contributed by atoms with Crippen molar-refractivity contribution in [2.75, 3.05) is 13.1 Å². The van der Waals surface area contributed by atoms with Gasteiger partial charge < -0.3 is 4.90 Å². The Bertz CT molecular complexity index is 375. The number of amides is 1. The van der Waals surface area contributed by atoms with E-state index in [1.54, 1.807) is 0 Å². The van der Waals surface area contributed by atoms with Crippen molar-refractivity contribution in [2.24, 2.45) is 5.92 Å². The SMILES string of the molecule is CCC1CCCN(C(=O)c2cc(S)cs2)C1. The zero-order valence-electron chi connectivity index (χ0n) is 9.48. The van der Waals surface area contributed by atoms with Crippen LogP contribution in [0, 0.1) is 5.92 Å². The molecule has 2 rings (SSSR count).